The summed E-state index contributed by atoms with van der Waals surface area (Å²) < 4.78 is 2.14. The van der Waals surface area contributed by atoms with E-state index in [1.54, 1.807) is 0 Å². The normalized spacial score (nSPS) is 11.1. The number of fused-ring (bicyclic) bond motifs is 1. The third-order valence-corrected chi connectivity index (χ3v) is 3.89. The van der Waals surface area contributed by atoms with Gasteiger partial charge in [0.2, 0.25) is 0 Å². The number of carboxylic acid groups (broad SMARTS) is 1. The number of carbonyl (C=O) groups is 1. The van der Waals surface area contributed by atoms with Crippen LogP contribution in [-0.2, 0) is 11.3 Å². The number of benzene rings is 1. The summed E-state index contributed by atoms with van der Waals surface area (Å²) >= 11 is 1.29. The van der Waals surface area contributed by atoms with E-state index >= 15 is 0 Å². The Bertz CT molecular complexity index is 592. The number of thioether (sulfide) groups is 1. The van der Waals surface area contributed by atoms with Gasteiger partial charge < -0.3 is 9.67 Å². The molecule has 0 amide bonds. The minimum Gasteiger partial charge on any atom is -0.481 e. The lowest BCUT2D eigenvalue weighted by Crippen LogP contribution is -2.03. The molecular weight excluding hydrogens is 260 g/mol. The average Bonchev–Trinajstić information content (AvgIpc) is 2.71. The molecule has 5 heteroatoms. The first kappa shape index (κ1) is 13.9. The van der Waals surface area contributed by atoms with Crippen LogP contribution in [0.4, 0.5) is 0 Å². The Labute approximate surface area is 116 Å². The van der Waals surface area contributed by atoms with Crippen molar-refractivity contribution < 1.29 is 9.90 Å². The van der Waals surface area contributed by atoms with Crippen molar-refractivity contribution in [2.24, 2.45) is 0 Å². The summed E-state index contributed by atoms with van der Waals surface area (Å²) in [4.78, 5) is 15.3. The molecule has 0 spiro atoms. The predicted octanol–water partition coefficient (Wildman–Crippen LogP) is 3.32. The number of nitrogens with zero attached hydrogens (tertiary/aromatic N) is 2. The highest BCUT2D eigenvalue weighted by Crippen LogP contribution is 2.25. The van der Waals surface area contributed by atoms with Gasteiger partial charge in [0, 0.05) is 6.54 Å². The molecule has 0 bridgehead atoms. The summed E-state index contributed by atoms with van der Waals surface area (Å²) in [5.41, 5.74) is 3.23. The number of hydrogen-bond acceptors (Lipinski definition) is 3. The van der Waals surface area contributed by atoms with E-state index in [4.69, 9.17) is 5.11 Å². The maximum Gasteiger partial charge on any atom is 0.313 e. The summed E-state index contributed by atoms with van der Waals surface area (Å²) in [6, 6.07) is 6.14. The van der Waals surface area contributed by atoms with Crippen molar-refractivity contribution in [3.8, 4) is 0 Å². The topological polar surface area (TPSA) is 55.1 Å². The highest BCUT2D eigenvalue weighted by Gasteiger charge is 2.12. The van der Waals surface area contributed by atoms with Crippen molar-refractivity contribution in [2.45, 2.75) is 38.4 Å². The molecule has 1 aromatic carbocycles. The largest absolute Gasteiger partial charge is 0.481 e. The number of imidazole rings is 1. The minimum atomic E-state index is -0.810. The number of aryl methyl sites for hydroxylation is 2. The van der Waals surface area contributed by atoms with Crippen molar-refractivity contribution >= 4 is 28.8 Å². The maximum absolute atomic E-state index is 10.7. The fraction of sp³-hybridized carbons (Fsp3) is 0.429. The Morgan fingerprint density at radius 1 is 1.47 bits per heavy atom. The molecule has 4 nitrogen and oxygen atoms in total. The Hall–Kier alpha value is -1.49. The molecule has 0 aliphatic carbocycles. The summed E-state index contributed by atoms with van der Waals surface area (Å²) in [6.07, 6.45) is 2.18. The zero-order valence-electron chi connectivity index (χ0n) is 11.2. The number of aromatic nitrogens is 2. The summed E-state index contributed by atoms with van der Waals surface area (Å²) in [5.74, 6) is -0.760. The van der Waals surface area contributed by atoms with Gasteiger partial charge in [-0.05, 0) is 31.0 Å². The highest BCUT2D eigenvalue weighted by atomic mass is 32.2. The number of carboxylic acids is 1. The highest BCUT2D eigenvalue weighted by molar-refractivity contribution is 7.99. The number of aliphatic carboxylic acids is 1. The van der Waals surface area contributed by atoms with Gasteiger partial charge in [0.15, 0.2) is 5.16 Å². The Morgan fingerprint density at radius 2 is 2.26 bits per heavy atom. The average molecular weight is 278 g/mol. The van der Waals surface area contributed by atoms with Crippen molar-refractivity contribution in [1.29, 1.82) is 0 Å². The molecule has 19 heavy (non-hydrogen) atoms. The zero-order valence-corrected chi connectivity index (χ0v) is 12.0. The van der Waals surface area contributed by atoms with Crippen LogP contribution in [0.25, 0.3) is 11.0 Å². The zero-order chi connectivity index (χ0) is 13.8. The second-order valence-electron chi connectivity index (χ2n) is 4.57. The van der Waals surface area contributed by atoms with E-state index in [9.17, 15) is 4.79 Å². The monoisotopic (exact) mass is 278 g/mol. The van der Waals surface area contributed by atoms with Crippen LogP contribution in [0.15, 0.2) is 23.4 Å². The molecule has 0 saturated heterocycles. The smallest absolute Gasteiger partial charge is 0.313 e. The second-order valence-corrected chi connectivity index (χ2v) is 5.52. The standard InChI is InChI=1S/C14H18N2O2S/c1-3-4-7-16-12-8-10(2)5-6-11(12)15-14(16)19-9-13(17)18/h5-6,8H,3-4,7,9H2,1-2H3,(H,17,18). The van der Waals surface area contributed by atoms with Crippen LogP contribution in [0.3, 0.4) is 0 Å². The Balaban J connectivity index is 2.39. The van der Waals surface area contributed by atoms with Gasteiger partial charge in [-0.25, -0.2) is 4.98 Å². The van der Waals surface area contributed by atoms with Gasteiger partial charge in [-0.1, -0.05) is 31.2 Å². The molecule has 0 aliphatic heterocycles. The molecule has 1 N–H and O–H groups in total. The summed E-state index contributed by atoms with van der Waals surface area (Å²) in [7, 11) is 0. The molecule has 2 aromatic rings. The lowest BCUT2D eigenvalue weighted by molar-refractivity contribution is -0.133. The number of rotatable bonds is 6. The summed E-state index contributed by atoms with van der Waals surface area (Å²) in [6.45, 7) is 5.09. The lowest BCUT2D eigenvalue weighted by Gasteiger charge is -2.07. The third-order valence-electron chi connectivity index (χ3n) is 2.93. The van der Waals surface area contributed by atoms with Crippen molar-refractivity contribution in [3.63, 3.8) is 0 Å². The van der Waals surface area contributed by atoms with Gasteiger partial charge in [0.25, 0.3) is 0 Å². The van der Waals surface area contributed by atoms with Crippen molar-refractivity contribution in [2.75, 3.05) is 5.75 Å². The van der Waals surface area contributed by atoms with Gasteiger partial charge in [-0.3, -0.25) is 4.79 Å². The molecule has 0 radical (unpaired) electrons. The molecule has 1 heterocycles. The van der Waals surface area contributed by atoms with E-state index in [1.807, 2.05) is 12.1 Å². The molecule has 102 valence electrons. The molecule has 0 saturated carbocycles. The fourth-order valence-electron chi connectivity index (χ4n) is 1.98. The van der Waals surface area contributed by atoms with Crippen LogP contribution in [0.2, 0.25) is 0 Å². The van der Waals surface area contributed by atoms with Gasteiger partial charge in [-0.15, -0.1) is 0 Å². The number of unbranched alkanes of at least 4 members (excludes halogenated alkanes) is 1. The molecule has 0 atom stereocenters. The van der Waals surface area contributed by atoms with Crippen LogP contribution in [0, 0.1) is 6.92 Å². The van der Waals surface area contributed by atoms with Gasteiger partial charge in [0.05, 0.1) is 16.8 Å². The van der Waals surface area contributed by atoms with E-state index in [1.165, 1.54) is 17.3 Å². The van der Waals surface area contributed by atoms with E-state index in [0.717, 1.165) is 35.6 Å². The Kier molecular flexibility index (Phi) is 4.47. The van der Waals surface area contributed by atoms with Crippen molar-refractivity contribution in [3.05, 3.63) is 23.8 Å². The van der Waals surface area contributed by atoms with Crippen molar-refractivity contribution in [1.82, 2.24) is 9.55 Å². The predicted molar refractivity (Wildman–Crippen MR) is 77.7 cm³/mol. The maximum atomic E-state index is 10.7. The SMILES string of the molecule is CCCCn1c(SCC(=O)O)nc2ccc(C)cc21. The van der Waals surface area contributed by atoms with Gasteiger partial charge in [-0.2, -0.15) is 0 Å². The quantitative estimate of drug-likeness (QED) is 0.824. The van der Waals surface area contributed by atoms with Crippen LogP contribution in [-0.4, -0.2) is 26.4 Å². The van der Waals surface area contributed by atoms with Crippen LogP contribution >= 0.6 is 11.8 Å². The molecule has 0 fully saturated rings. The molecular formula is C14H18N2O2S. The fourth-order valence-corrected chi connectivity index (χ4v) is 2.74. The van der Waals surface area contributed by atoms with E-state index < -0.39 is 5.97 Å². The Morgan fingerprint density at radius 3 is 2.95 bits per heavy atom. The van der Waals surface area contributed by atoms with Crippen LogP contribution in [0.1, 0.15) is 25.3 Å². The summed E-state index contributed by atoms with van der Waals surface area (Å²) in [5, 5.41) is 9.61. The molecule has 0 aliphatic rings. The van der Waals surface area contributed by atoms with Gasteiger partial charge in [0.1, 0.15) is 0 Å². The van der Waals surface area contributed by atoms with E-state index in [2.05, 4.69) is 29.5 Å². The first-order valence-corrected chi connectivity index (χ1v) is 7.42. The minimum absolute atomic E-state index is 0.0500. The van der Waals surface area contributed by atoms with Gasteiger partial charge >= 0.3 is 5.97 Å². The van der Waals surface area contributed by atoms with Crippen LogP contribution < -0.4 is 0 Å². The molecule has 2 rings (SSSR count). The first-order valence-electron chi connectivity index (χ1n) is 6.43. The first-order chi connectivity index (χ1) is 9.11. The molecule has 0 unspecified atom stereocenters. The third kappa shape index (κ3) is 3.29. The molecule has 1 aromatic heterocycles. The van der Waals surface area contributed by atoms with E-state index in [0.29, 0.717) is 0 Å². The van der Waals surface area contributed by atoms with E-state index in [-0.39, 0.29) is 5.75 Å². The van der Waals surface area contributed by atoms with Crippen LogP contribution in [0.5, 0.6) is 0 Å². The number of hydrogen-bond donors (Lipinski definition) is 1. The lowest BCUT2D eigenvalue weighted by atomic mass is 10.2. The second kappa shape index (κ2) is 6.10.